The maximum absolute atomic E-state index is 5.36. The van der Waals surface area contributed by atoms with Gasteiger partial charge in [-0.05, 0) is 37.1 Å². The first-order valence-corrected chi connectivity index (χ1v) is 7.04. The van der Waals surface area contributed by atoms with Crippen LogP contribution in [0, 0.1) is 0 Å². The van der Waals surface area contributed by atoms with Gasteiger partial charge in [-0.1, -0.05) is 6.07 Å². The molecule has 19 heavy (non-hydrogen) atoms. The summed E-state index contributed by atoms with van der Waals surface area (Å²) in [6.07, 6.45) is 4.30. The number of fused-ring (bicyclic) bond motifs is 1. The predicted molar refractivity (Wildman–Crippen MR) is 76.3 cm³/mol. The van der Waals surface area contributed by atoms with E-state index in [1.165, 1.54) is 29.4 Å². The summed E-state index contributed by atoms with van der Waals surface area (Å²) in [5.41, 5.74) is 2.62. The Bertz CT molecular complexity index is 543. The summed E-state index contributed by atoms with van der Waals surface area (Å²) >= 11 is 0. The van der Waals surface area contributed by atoms with Gasteiger partial charge in [-0.15, -0.1) is 0 Å². The summed E-state index contributed by atoms with van der Waals surface area (Å²) in [6, 6.07) is 6.66. The predicted octanol–water partition coefficient (Wildman–Crippen LogP) is 1.84. The quantitative estimate of drug-likeness (QED) is 0.839. The monoisotopic (exact) mass is 259 g/mol. The highest BCUT2D eigenvalue weighted by atomic mass is 16.5. The number of rotatable bonds is 4. The summed E-state index contributed by atoms with van der Waals surface area (Å²) in [4.78, 5) is 2.49. The number of benzene rings is 1. The fraction of sp³-hybridized carbons (Fsp3) is 0.533. The number of aryl methyl sites for hydroxylation is 2. The lowest BCUT2D eigenvalue weighted by atomic mass is 10.1. The number of nitrogens with zero attached hydrogens (tertiary/aromatic N) is 3. The van der Waals surface area contributed by atoms with Crippen LogP contribution in [0.1, 0.15) is 12.0 Å². The summed E-state index contributed by atoms with van der Waals surface area (Å²) in [5, 5.41) is 5.53. The van der Waals surface area contributed by atoms with Crippen molar-refractivity contribution in [3.05, 3.63) is 30.0 Å². The first-order valence-electron chi connectivity index (χ1n) is 7.04. The lowest BCUT2D eigenvalue weighted by molar-refractivity contribution is 0.0375. The maximum atomic E-state index is 5.36. The minimum Gasteiger partial charge on any atom is -0.379 e. The SMILES string of the molecule is Cn1ncc2cc(CCCN3CCOCC3)ccc21. The van der Waals surface area contributed by atoms with E-state index < -0.39 is 0 Å². The second kappa shape index (κ2) is 5.72. The highest BCUT2D eigenvalue weighted by Gasteiger charge is 2.09. The van der Waals surface area contributed by atoms with Gasteiger partial charge < -0.3 is 4.74 Å². The van der Waals surface area contributed by atoms with Gasteiger partial charge in [0.25, 0.3) is 0 Å². The topological polar surface area (TPSA) is 30.3 Å². The number of hydrogen-bond donors (Lipinski definition) is 0. The Morgan fingerprint density at radius 1 is 1.26 bits per heavy atom. The van der Waals surface area contributed by atoms with Gasteiger partial charge in [0, 0.05) is 25.5 Å². The van der Waals surface area contributed by atoms with Gasteiger partial charge in [0.1, 0.15) is 0 Å². The molecule has 2 heterocycles. The van der Waals surface area contributed by atoms with Crippen molar-refractivity contribution in [2.24, 2.45) is 7.05 Å². The second-order valence-corrected chi connectivity index (χ2v) is 5.22. The third-order valence-corrected chi connectivity index (χ3v) is 3.85. The van der Waals surface area contributed by atoms with Crippen molar-refractivity contribution in [3.63, 3.8) is 0 Å². The van der Waals surface area contributed by atoms with Crippen LogP contribution < -0.4 is 0 Å². The molecule has 0 spiro atoms. The Hall–Kier alpha value is -1.39. The zero-order chi connectivity index (χ0) is 13.1. The third-order valence-electron chi connectivity index (χ3n) is 3.85. The lowest BCUT2D eigenvalue weighted by Gasteiger charge is -2.26. The molecular formula is C15H21N3O. The van der Waals surface area contributed by atoms with E-state index in [-0.39, 0.29) is 0 Å². The minimum atomic E-state index is 0.891. The molecule has 1 saturated heterocycles. The Labute approximate surface area is 114 Å². The molecule has 0 radical (unpaired) electrons. The van der Waals surface area contributed by atoms with Crippen molar-refractivity contribution in [2.45, 2.75) is 12.8 Å². The first-order chi connectivity index (χ1) is 9.33. The van der Waals surface area contributed by atoms with Gasteiger partial charge in [-0.2, -0.15) is 5.10 Å². The Morgan fingerprint density at radius 2 is 2.11 bits per heavy atom. The zero-order valence-electron chi connectivity index (χ0n) is 11.5. The van der Waals surface area contributed by atoms with Crippen LogP contribution in [0.2, 0.25) is 0 Å². The van der Waals surface area contributed by atoms with Crippen LogP contribution in [-0.2, 0) is 18.2 Å². The van der Waals surface area contributed by atoms with E-state index in [0.717, 1.165) is 32.7 Å². The van der Waals surface area contributed by atoms with Crippen LogP contribution in [-0.4, -0.2) is 47.5 Å². The van der Waals surface area contributed by atoms with Crippen molar-refractivity contribution in [1.82, 2.24) is 14.7 Å². The van der Waals surface area contributed by atoms with Crippen molar-refractivity contribution in [2.75, 3.05) is 32.8 Å². The van der Waals surface area contributed by atoms with E-state index >= 15 is 0 Å². The van der Waals surface area contributed by atoms with Crippen LogP contribution in [0.5, 0.6) is 0 Å². The van der Waals surface area contributed by atoms with Crippen LogP contribution >= 0.6 is 0 Å². The number of ether oxygens (including phenoxy) is 1. The molecule has 102 valence electrons. The van der Waals surface area contributed by atoms with E-state index in [0.29, 0.717) is 0 Å². The smallest absolute Gasteiger partial charge is 0.0679 e. The van der Waals surface area contributed by atoms with Gasteiger partial charge in [0.05, 0.1) is 24.9 Å². The average molecular weight is 259 g/mol. The van der Waals surface area contributed by atoms with Gasteiger partial charge >= 0.3 is 0 Å². The van der Waals surface area contributed by atoms with E-state index in [2.05, 4.69) is 28.2 Å². The van der Waals surface area contributed by atoms with Crippen LogP contribution in [0.25, 0.3) is 10.9 Å². The van der Waals surface area contributed by atoms with Gasteiger partial charge in [0.15, 0.2) is 0 Å². The molecule has 0 N–H and O–H groups in total. The number of hydrogen-bond acceptors (Lipinski definition) is 3. The molecule has 2 aromatic rings. The van der Waals surface area contributed by atoms with Gasteiger partial charge in [-0.3, -0.25) is 9.58 Å². The Morgan fingerprint density at radius 3 is 2.95 bits per heavy atom. The van der Waals surface area contributed by atoms with Gasteiger partial charge in [0.2, 0.25) is 0 Å². The molecule has 4 nitrogen and oxygen atoms in total. The van der Waals surface area contributed by atoms with Crippen molar-refractivity contribution >= 4 is 10.9 Å². The third kappa shape index (κ3) is 2.96. The van der Waals surface area contributed by atoms with E-state index in [4.69, 9.17) is 4.74 Å². The van der Waals surface area contributed by atoms with Crippen molar-refractivity contribution in [3.8, 4) is 0 Å². The lowest BCUT2D eigenvalue weighted by Crippen LogP contribution is -2.36. The largest absolute Gasteiger partial charge is 0.379 e. The molecule has 1 aromatic carbocycles. The second-order valence-electron chi connectivity index (χ2n) is 5.22. The van der Waals surface area contributed by atoms with Crippen molar-refractivity contribution < 1.29 is 4.74 Å². The molecule has 0 aliphatic carbocycles. The minimum absolute atomic E-state index is 0.891. The molecule has 0 bridgehead atoms. The molecule has 0 amide bonds. The fourth-order valence-corrected chi connectivity index (χ4v) is 2.70. The molecule has 1 aromatic heterocycles. The molecule has 1 fully saturated rings. The van der Waals surface area contributed by atoms with E-state index in [1.54, 1.807) is 0 Å². The molecule has 1 aliphatic heterocycles. The van der Waals surface area contributed by atoms with Crippen LogP contribution in [0.3, 0.4) is 0 Å². The highest BCUT2D eigenvalue weighted by Crippen LogP contribution is 2.16. The average Bonchev–Trinajstić information content (AvgIpc) is 2.81. The Balaban J connectivity index is 1.56. The molecule has 4 heteroatoms. The highest BCUT2D eigenvalue weighted by molar-refractivity contribution is 5.79. The van der Waals surface area contributed by atoms with E-state index in [1.807, 2.05) is 17.9 Å². The summed E-state index contributed by atoms with van der Waals surface area (Å²) in [7, 11) is 1.99. The van der Waals surface area contributed by atoms with Crippen LogP contribution in [0.15, 0.2) is 24.4 Å². The van der Waals surface area contributed by atoms with E-state index in [9.17, 15) is 0 Å². The van der Waals surface area contributed by atoms with Crippen molar-refractivity contribution in [1.29, 1.82) is 0 Å². The molecule has 0 atom stereocenters. The summed E-state index contributed by atoms with van der Waals surface area (Å²) in [5.74, 6) is 0. The maximum Gasteiger partial charge on any atom is 0.0679 e. The molecular weight excluding hydrogens is 238 g/mol. The van der Waals surface area contributed by atoms with Crippen LogP contribution in [0.4, 0.5) is 0 Å². The molecule has 0 unspecified atom stereocenters. The number of morpholine rings is 1. The number of aromatic nitrogens is 2. The first kappa shape index (κ1) is 12.6. The molecule has 1 aliphatic rings. The zero-order valence-corrected chi connectivity index (χ0v) is 11.5. The normalized spacial score (nSPS) is 17.1. The standard InChI is InChI=1S/C15H21N3O/c1-17-15-5-4-13(11-14(15)12-16-17)3-2-6-18-7-9-19-10-8-18/h4-5,11-12H,2-3,6-10H2,1H3. The molecule has 3 rings (SSSR count). The Kier molecular flexibility index (Phi) is 3.80. The fourth-order valence-electron chi connectivity index (χ4n) is 2.70. The summed E-state index contributed by atoms with van der Waals surface area (Å²) in [6.45, 7) is 5.13. The summed E-state index contributed by atoms with van der Waals surface area (Å²) < 4.78 is 7.29. The van der Waals surface area contributed by atoms with Gasteiger partial charge in [-0.25, -0.2) is 0 Å². The molecule has 0 saturated carbocycles.